The molecule has 1 heterocycles. The third-order valence-electron chi connectivity index (χ3n) is 1.41. The number of rotatable bonds is 3. The number of esters is 1. The van der Waals surface area contributed by atoms with Crippen LogP contribution < -0.4 is 0 Å². The molecule has 1 rings (SSSR count). The van der Waals surface area contributed by atoms with Crippen LogP contribution in [0.25, 0.3) is 0 Å². The molecule has 0 aliphatic rings. The summed E-state index contributed by atoms with van der Waals surface area (Å²) < 4.78 is 6.12. The number of carbonyl (C=O) groups excluding carboxylic acids is 2. The van der Waals surface area contributed by atoms with Crippen LogP contribution >= 0.6 is 30.3 Å². The van der Waals surface area contributed by atoms with E-state index in [4.69, 9.17) is 0 Å². The van der Waals surface area contributed by atoms with Gasteiger partial charge >= 0.3 is 5.97 Å². The number of aldehydes is 1. The molecular weight excluding hydrogens is 305 g/mol. The number of hydrogen-bond donors (Lipinski definition) is 0. The van der Waals surface area contributed by atoms with E-state index in [-0.39, 0.29) is 0 Å². The Balaban J connectivity index is 3.10. The Kier molecular flexibility index (Phi) is 3.79. The first kappa shape index (κ1) is 10.6. The molecule has 0 N–H and O–H groups in total. The van der Waals surface area contributed by atoms with E-state index in [0.29, 0.717) is 17.5 Å². The van der Waals surface area contributed by atoms with Crippen LogP contribution in [0.3, 0.4) is 0 Å². The Labute approximate surface area is 91.3 Å². The maximum atomic E-state index is 11.1. The van der Waals surface area contributed by atoms with Crippen LogP contribution in [0.2, 0.25) is 0 Å². The van der Waals surface area contributed by atoms with Gasteiger partial charge in [-0.15, -0.1) is 0 Å². The smallest absolute Gasteiger partial charge is 0.355 e. The summed E-state index contributed by atoms with van der Waals surface area (Å²) >= 11 is 2.01. The molecule has 6 heteroatoms. The van der Waals surface area contributed by atoms with Crippen molar-refractivity contribution in [2.24, 2.45) is 0 Å². The number of halogens is 1. The number of hydrogen-bond acceptors (Lipinski definition) is 4. The molecule has 0 spiro atoms. The average Bonchev–Trinajstić information content (AvgIpc) is 2.59. The van der Waals surface area contributed by atoms with Crippen molar-refractivity contribution in [3.63, 3.8) is 0 Å². The number of nitrogens with zero attached hydrogens (tertiary/aromatic N) is 1. The van der Waals surface area contributed by atoms with E-state index in [9.17, 15) is 9.59 Å². The summed E-state index contributed by atoms with van der Waals surface area (Å²) in [6.07, 6.45) is 2.27. The Bertz CT molecular complexity index is 336. The van der Waals surface area contributed by atoms with Gasteiger partial charge in [0.2, 0.25) is 0 Å². The van der Waals surface area contributed by atoms with Crippen molar-refractivity contribution in [2.75, 3.05) is 7.11 Å². The van der Waals surface area contributed by atoms with Gasteiger partial charge in [-0.05, 0) is 6.07 Å². The normalized spacial score (nSPS) is 9.69. The summed E-state index contributed by atoms with van der Waals surface area (Å²) in [4.78, 5) is 21.6. The third kappa shape index (κ3) is 2.25. The predicted octanol–water partition coefficient (Wildman–Crippen LogP) is 1.93. The Morgan fingerprint density at radius 2 is 2.46 bits per heavy atom. The van der Waals surface area contributed by atoms with Crippen LogP contribution in [-0.2, 0) is 4.74 Å². The molecule has 0 aliphatic heterocycles. The molecule has 0 radical (unpaired) electrons. The number of carbonyl (C=O) groups is 2. The molecule has 0 saturated heterocycles. The molecule has 0 unspecified atom stereocenters. The molecule has 0 bridgehead atoms. The summed E-state index contributed by atoms with van der Waals surface area (Å²) in [5, 5.41) is 0. The highest BCUT2D eigenvalue weighted by Gasteiger charge is 2.13. The summed E-state index contributed by atoms with van der Waals surface area (Å²) in [6, 6.07) is 1.49. The second-order valence-corrected chi connectivity index (χ2v) is 3.88. The molecule has 0 atom stereocenters. The molecule has 4 nitrogen and oxygen atoms in total. The second-order valence-electron chi connectivity index (χ2n) is 2.16. The lowest BCUT2D eigenvalue weighted by Gasteiger charge is -2.00. The van der Waals surface area contributed by atoms with E-state index in [1.54, 1.807) is 10.2 Å². The number of aromatic nitrogens is 1. The lowest BCUT2D eigenvalue weighted by molar-refractivity contribution is 0.0593. The lowest BCUT2D eigenvalue weighted by atomic mass is 10.3. The van der Waals surface area contributed by atoms with E-state index in [0.717, 1.165) is 0 Å². The Hall–Kier alpha value is -0.500. The van der Waals surface area contributed by atoms with Crippen LogP contribution in [0.15, 0.2) is 12.3 Å². The fraction of sp³-hybridized carbons (Fsp3) is 0.143. The first-order chi connectivity index (χ1) is 6.22. The first-order valence-corrected chi connectivity index (χ1v) is 6.59. The van der Waals surface area contributed by atoms with E-state index < -0.39 is 5.97 Å². The second kappa shape index (κ2) is 4.66. The molecule has 0 aromatic carbocycles. The van der Waals surface area contributed by atoms with Crippen molar-refractivity contribution in [2.45, 2.75) is 0 Å². The largest absolute Gasteiger partial charge is 0.464 e. The van der Waals surface area contributed by atoms with E-state index in [1.807, 2.05) is 21.2 Å². The molecule has 70 valence electrons. The van der Waals surface area contributed by atoms with Crippen LogP contribution in [0.1, 0.15) is 20.8 Å². The molecule has 0 saturated carbocycles. The zero-order chi connectivity index (χ0) is 9.84. The van der Waals surface area contributed by atoms with Crippen molar-refractivity contribution in [3.05, 3.63) is 23.5 Å². The van der Waals surface area contributed by atoms with Crippen molar-refractivity contribution in [1.29, 1.82) is 0 Å². The van der Waals surface area contributed by atoms with Gasteiger partial charge in [-0.2, -0.15) is 0 Å². The summed E-state index contributed by atoms with van der Waals surface area (Å²) in [5.41, 5.74) is 0.827. The van der Waals surface area contributed by atoms with Crippen LogP contribution in [0, 0.1) is 0 Å². The molecule has 1 aromatic rings. The highest BCUT2D eigenvalue weighted by atomic mass is 127. The van der Waals surface area contributed by atoms with E-state index in [1.165, 1.54) is 22.3 Å². The first-order valence-electron chi connectivity index (χ1n) is 3.28. The van der Waals surface area contributed by atoms with E-state index >= 15 is 0 Å². The SMILES string of the molecule is COC(=O)c1cc(C=O)cn1SI. The van der Waals surface area contributed by atoms with Crippen LogP contribution in [-0.4, -0.2) is 23.3 Å². The van der Waals surface area contributed by atoms with Crippen molar-refractivity contribution < 1.29 is 14.3 Å². The number of ether oxygens (including phenoxy) is 1. The van der Waals surface area contributed by atoms with E-state index in [2.05, 4.69) is 4.74 Å². The van der Waals surface area contributed by atoms with Crippen molar-refractivity contribution >= 4 is 42.6 Å². The quantitative estimate of drug-likeness (QED) is 0.486. The lowest BCUT2D eigenvalue weighted by Crippen LogP contribution is -2.04. The fourth-order valence-electron chi connectivity index (χ4n) is 0.839. The highest BCUT2D eigenvalue weighted by Crippen LogP contribution is 2.21. The average molecular weight is 311 g/mol. The zero-order valence-corrected chi connectivity index (χ0v) is 9.66. The van der Waals surface area contributed by atoms with Gasteiger partial charge in [0.1, 0.15) is 5.69 Å². The standard InChI is InChI=1S/C7H6INO3S/c1-12-7(11)6-2-5(4-10)3-9(6)13-8/h2-4H,1H3. The van der Waals surface area contributed by atoms with Crippen LogP contribution in [0.4, 0.5) is 0 Å². The Morgan fingerprint density at radius 3 is 2.92 bits per heavy atom. The van der Waals surface area contributed by atoms with Gasteiger partial charge in [-0.3, -0.25) is 8.77 Å². The highest BCUT2D eigenvalue weighted by molar-refractivity contribution is 14.2. The summed E-state index contributed by atoms with van der Waals surface area (Å²) in [7, 11) is 2.61. The molecular formula is C7H6INO3S. The third-order valence-corrected chi connectivity index (χ3v) is 3.14. The van der Waals surface area contributed by atoms with Gasteiger partial charge in [0, 0.05) is 42.1 Å². The summed E-state index contributed by atoms with van der Waals surface area (Å²) in [5.74, 6) is -0.447. The minimum atomic E-state index is -0.447. The van der Waals surface area contributed by atoms with Gasteiger partial charge in [0.15, 0.2) is 6.29 Å². The number of methoxy groups -OCH3 is 1. The van der Waals surface area contributed by atoms with Gasteiger partial charge in [-0.1, -0.05) is 0 Å². The fourth-order valence-corrected chi connectivity index (χ4v) is 2.18. The minimum Gasteiger partial charge on any atom is -0.464 e. The van der Waals surface area contributed by atoms with Gasteiger partial charge in [-0.25, -0.2) is 4.79 Å². The van der Waals surface area contributed by atoms with Crippen molar-refractivity contribution in [3.8, 4) is 0 Å². The molecule has 0 amide bonds. The van der Waals surface area contributed by atoms with Gasteiger partial charge < -0.3 is 4.74 Å². The molecule has 0 aliphatic carbocycles. The molecule has 1 aromatic heterocycles. The van der Waals surface area contributed by atoms with Crippen molar-refractivity contribution in [1.82, 2.24) is 3.97 Å². The minimum absolute atomic E-state index is 0.365. The predicted molar refractivity (Wildman–Crippen MR) is 58.2 cm³/mol. The van der Waals surface area contributed by atoms with Gasteiger partial charge in [0.25, 0.3) is 0 Å². The summed E-state index contributed by atoms with van der Waals surface area (Å²) in [6.45, 7) is 0. The van der Waals surface area contributed by atoms with Crippen LogP contribution in [0.5, 0.6) is 0 Å². The maximum absolute atomic E-state index is 11.1. The molecule has 0 fully saturated rings. The monoisotopic (exact) mass is 311 g/mol. The Morgan fingerprint density at radius 1 is 1.77 bits per heavy atom. The maximum Gasteiger partial charge on any atom is 0.355 e. The zero-order valence-electron chi connectivity index (χ0n) is 6.69. The molecule has 13 heavy (non-hydrogen) atoms. The van der Waals surface area contributed by atoms with Gasteiger partial charge in [0.05, 0.1) is 7.11 Å². The topological polar surface area (TPSA) is 48.3 Å².